The second-order valence-corrected chi connectivity index (χ2v) is 16.0. The lowest BCUT2D eigenvalue weighted by molar-refractivity contribution is -0.870. The molecule has 326 valence electrons. The molecule has 0 aliphatic heterocycles. The van der Waals surface area contributed by atoms with E-state index in [0.29, 0.717) is 36.7 Å². The van der Waals surface area contributed by atoms with E-state index < -0.39 is 32.5 Å². The van der Waals surface area contributed by atoms with Gasteiger partial charge in [0.05, 0.1) is 27.7 Å². The molecule has 9 nitrogen and oxygen atoms in total. The van der Waals surface area contributed by atoms with Crippen molar-refractivity contribution >= 4 is 19.8 Å². The molecule has 0 saturated carbocycles. The lowest BCUT2D eigenvalue weighted by atomic mass is 10.2. The normalized spacial score (nSPS) is 14.8. The van der Waals surface area contributed by atoms with Crippen molar-refractivity contribution in [2.75, 3.05) is 47.5 Å². The molecule has 58 heavy (non-hydrogen) atoms. The fourth-order valence-electron chi connectivity index (χ4n) is 4.72. The Labute approximate surface area is 352 Å². The van der Waals surface area contributed by atoms with Crippen LogP contribution in [0.15, 0.2) is 122 Å². The highest BCUT2D eigenvalue weighted by Crippen LogP contribution is 2.38. The lowest BCUT2D eigenvalue weighted by Gasteiger charge is -2.28. The fraction of sp³-hybridized carbons (Fsp3) is 0.542. The number of allylic oxidation sites excluding steroid dienone is 20. The number of carbonyl (C=O) groups excluding carboxylic acids is 2. The average molecular weight is 826 g/mol. The Kier molecular flexibility index (Phi) is 36.5. The van der Waals surface area contributed by atoms with E-state index in [-0.39, 0.29) is 26.1 Å². The van der Waals surface area contributed by atoms with E-state index in [1.807, 2.05) is 33.3 Å². The van der Waals surface area contributed by atoms with Gasteiger partial charge in [0, 0.05) is 12.8 Å². The van der Waals surface area contributed by atoms with E-state index in [1.165, 1.54) is 0 Å². The lowest BCUT2D eigenvalue weighted by Crippen LogP contribution is -2.37. The summed E-state index contributed by atoms with van der Waals surface area (Å²) < 4.78 is 33.7. The van der Waals surface area contributed by atoms with Gasteiger partial charge in [0.15, 0.2) is 6.10 Å². The molecule has 0 rings (SSSR count). The maximum absolute atomic E-state index is 12.6. The monoisotopic (exact) mass is 826 g/mol. The van der Waals surface area contributed by atoms with Crippen molar-refractivity contribution < 1.29 is 42.1 Å². The predicted molar refractivity (Wildman–Crippen MR) is 240 cm³/mol. The van der Waals surface area contributed by atoms with Crippen LogP contribution < -0.4 is 4.89 Å². The van der Waals surface area contributed by atoms with Crippen molar-refractivity contribution in [1.82, 2.24) is 0 Å². The summed E-state index contributed by atoms with van der Waals surface area (Å²) >= 11 is 0. The summed E-state index contributed by atoms with van der Waals surface area (Å²) in [6.45, 7) is 3.82. The van der Waals surface area contributed by atoms with Crippen LogP contribution in [0.2, 0.25) is 0 Å². The molecule has 0 saturated heterocycles. The number of hydrogen-bond donors (Lipinski definition) is 0. The van der Waals surface area contributed by atoms with Gasteiger partial charge >= 0.3 is 11.9 Å². The van der Waals surface area contributed by atoms with Crippen LogP contribution in [0.4, 0.5) is 0 Å². The molecule has 2 atom stereocenters. The van der Waals surface area contributed by atoms with E-state index >= 15 is 0 Å². The zero-order chi connectivity index (χ0) is 42.8. The largest absolute Gasteiger partial charge is 0.756 e. The molecule has 0 heterocycles. The Morgan fingerprint density at radius 3 is 1.28 bits per heavy atom. The van der Waals surface area contributed by atoms with Crippen LogP contribution in [0.3, 0.4) is 0 Å². The molecule has 0 bridgehead atoms. The molecule has 1 unspecified atom stereocenters. The van der Waals surface area contributed by atoms with Crippen molar-refractivity contribution in [2.45, 2.75) is 123 Å². The number of hydrogen-bond acceptors (Lipinski definition) is 8. The van der Waals surface area contributed by atoms with Crippen LogP contribution in [-0.2, 0) is 32.7 Å². The number of carbonyl (C=O) groups is 2. The van der Waals surface area contributed by atoms with E-state index in [2.05, 4.69) is 123 Å². The zero-order valence-corrected chi connectivity index (χ0v) is 37.3. The van der Waals surface area contributed by atoms with Gasteiger partial charge in [-0.25, -0.2) is 0 Å². The zero-order valence-electron chi connectivity index (χ0n) is 36.4. The Hall–Kier alpha value is -3.59. The minimum absolute atomic E-state index is 0.0581. The SMILES string of the molecule is CC/C=C/C/C=C/C/C=C/C/C=C/C/C=C/CCCC(=O)OC[C@H](COP(=O)([O-])OCC[N+](C)(C)C)OC(=O)CCC/C=C/C/C=C/C/C=C/C/C=C/C/C=C/CC. The number of phosphoric acid groups is 1. The molecule has 0 aliphatic rings. The second-order valence-electron chi connectivity index (χ2n) is 14.6. The molecule has 0 radical (unpaired) electrons. The van der Waals surface area contributed by atoms with Gasteiger partial charge in [-0.3, -0.25) is 14.2 Å². The van der Waals surface area contributed by atoms with Gasteiger partial charge in [-0.15, -0.1) is 0 Å². The average Bonchev–Trinajstić information content (AvgIpc) is 3.17. The van der Waals surface area contributed by atoms with Gasteiger partial charge in [-0.2, -0.15) is 0 Å². The number of esters is 2. The molecule has 0 amide bonds. The summed E-state index contributed by atoms with van der Waals surface area (Å²) in [6.07, 6.45) is 53.9. The fourth-order valence-corrected chi connectivity index (χ4v) is 5.45. The molecular weight excluding hydrogens is 750 g/mol. The van der Waals surface area contributed by atoms with E-state index in [1.54, 1.807) is 0 Å². The predicted octanol–water partition coefficient (Wildman–Crippen LogP) is 11.5. The van der Waals surface area contributed by atoms with Crippen LogP contribution in [-0.4, -0.2) is 70.0 Å². The quantitative estimate of drug-likeness (QED) is 0.0202. The molecule has 0 aliphatic carbocycles. The molecule has 0 aromatic heterocycles. The van der Waals surface area contributed by atoms with E-state index in [9.17, 15) is 19.0 Å². The Morgan fingerprint density at radius 1 is 0.534 bits per heavy atom. The Bertz CT molecular complexity index is 1390. The number of rotatable bonds is 36. The third kappa shape index (κ3) is 42.0. The summed E-state index contributed by atoms with van der Waals surface area (Å²) in [5.74, 6) is -0.988. The van der Waals surface area contributed by atoms with Crippen molar-refractivity contribution in [1.29, 1.82) is 0 Å². The molecule has 0 N–H and O–H groups in total. The summed E-state index contributed by atoms with van der Waals surface area (Å²) in [5.41, 5.74) is 0. The van der Waals surface area contributed by atoms with Crippen LogP contribution in [0.25, 0.3) is 0 Å². The van der Waals surface area contributed by atoms with Crippen molar-refractivity contribution in [3.05, 3.63) is 122 Å². The maximum atomic E-state index is 12.6. The number of likely N-dealkylation sites (N-methyl/N-ethyl adjacent to an activating group) is 1. The van der Waals surface area contributed by atoms with Crippen LogP contribution in [0.1, 0.15) is 117 Å². The summed E-state index contributed by atoms with van der Waals surface area (Å²) in [4.78, 5) is 37.5. The Morgan fingerprint density at radius 2 is 0.897 bits per heavy atom. The number of unbranched alkanes of at least 4 members (excludes halogenated alkanes) is 2. The topological polar surface area (TPSA) is 111 Å². The van der Waals surface area contributed by atoms with E-state index in [0.717, 1.165) is 64.2 Å². The summed E-state index contributed by atoms with van der Waals surface area (Å²) in [6, 6.07) is 0. The maximum Gasteiger partial charge on any atom is 0.306 e. The Balaban J connectivity index is 4.61. The van der Waals surface area contributed by atoms with Crippen LogP contribution in [0.5, 0.6) is 0 Å². The summed E-state index contributed by atoms with van der Waals surface area (Å²) in [5, 5.41) is 0. The van der Waals surface area contributed by atoms with Gasteiger partial charge in [-0.05, 0) is 89.9 Å². The third-order valence-electron chi connectivity index (χ3n) is 7.98. The first-order valence-corrected chi connectivity index (χ1v) is 22.7. The van der Waals surface area contributed by atoms with Crippen molar-refractivity contribution in [3.8, 4) is 0 Å². The minimum Gasteiger partial charge on any atom is -0.756 e. The van der Waals surface area contributed by atoms with Crippen molar-refractivity contribution in [3.63, 3.8) is 0 Å². The highest BCUT2D eigenvalue weighted by Gasteiger charge is 2.21. The molecular formula is C48H76NO8P. The molecule has 10 heteroatoms. The first kappa shape index (κ1) is 54.4. The highest BCUT2D eigenvalue weighted by atomic mass is 31.2. The molecule has 0 fully saturated rings. The number of phosphoric ester groups is 1. The molecule has 0 spiro atoms. The minimum atomic E-state index is -4.66. The highest BCUT2D eigenvalue weighted by molar-refractivity contribution is 7.45. The van der Waals surface area contributed by atoms with Gasteiger partial charge in [0.25, 0.3) is 7.82 Å². The van der Waals surface area contributed by atoms with Crippen molar-refractivity contribution in [2.24, 2.45) is 0 Å². The van der Waals surface area contributed by atoms with E-state index in [4.69, 9.17) is 18.5 Å². The molecule has 0 aromatic carbocycles. The van der Waals surface area contributed by atoms with Crippen LogP contribution in [0, 0.1) is 0 Å². The first-order chi connectivity index (χ1) is 28.0. The van der Waals surface area contributed by atoms with Gasteiger partial charge < -0.3 is 27.9 Å². The second kappa shape index (κ2) is 38.9. The smallest absolute Gasteiger partial charge is 0.306 e. The van der Waals surface area contributed by atoms with Gasteiger partial charge in [0.1, 0.15) is 19.8 Å². The van der Waals surface area contributed by atoms with Crippen LogP contribution >= 0.6 is 7.82 Å². The van der Waals surface area contributed by atoms with Gasteiger partial charge in [-0.1, -0.05) is 135 Å². The molecule has 0 aromatic rings. The summed E-state index contributed by atoms with van der Waals surface area (Å²) in [7, 11) is 1.07. The number of ether oxygens (including phenoxy) is 2. The standard InChI is InChI=1S/C48H76NO8P/c1-6-8-10-12-14-16-18-20-22-24-26-28-30-32-34-36-38-40-47(50)54-44-46(45-56-58(52,53)55-43-42-49(3,4)5)57-48(51)41-39-37-35-33-31-29-27-25-23-21-19-17-15-13-11-9-7-2/h8-11,14-17,20-23,26-29,32-35,46H,6-7,12-13,18-19,24-25,30-31,36-45H2,1-5H3/b10-8+,11-9+,16-14+,17-15+,22-20+,23-21+,28-26+,29-27+,34-32+,35-33+/t46-/m1/s1. The third-order valence-corrected chi connectivity index (χ3v) is 8.94. The number of nitrogens with zero attached hydrogens (tertiary/aromatic N) is 1. The first-order valence-electron chi connectivity index (χ1n) is 21.2. The number of quaternary nitrogens is 1. The van der Waals surface area contributed by atoms with Gasteiger partial charge in [0.2, 0.25) is 0 Å².